The molecule has 0 saturated carbocycles. The number of hydrogen-bond donors (Lipinski definition) is 1. The number of aromatic nitrogens is 4. The van der Waals surface area contributed by atoms with Gasteiger partial charge in [0.1, 0.15) is 11.9 Å². The molecule has 3 heterocycles. The van der Waals surface area contributed by atoms with Crippen molar-refractivity contribution in [2.45, 2.75) is 25.0 Å². The summed E-state index contributed by atoms with van der Waals surface area (Å²) in [6.07, 6.45) is 5.21. The minimum atomic E-state index is -0.277. The Morgan fingerprint density at radius 1 is 1.00 bits per heavy atom. The van der Waals surface area contributed by atoms with E-state index in [4.69, 9.17) is 9.84 Å². The lowest BCUT2D eigenvalue weighted by atomic mass is 10.0. The summed E-state index contributed by atoms with van der Waals surface area (Å²) >= 11 is 0. The molecule has 1 N–H and O–H groups in total. The molecule has 2 aromatic heterocycles. The van der Waals surface area contributed by atoms with E-state index in [1.54, 1.807) is 35.3 Å². The average molecular weight is 429 g/mol. The SMILES string of the molecule is Fc1ccc(-c2cc([C@@H]3CN[C@@H](CCc4ccccc4)CO3)n(-c3ncccn3)n2)cc1. The first-order valence-corrected chi connectivity index (χ1v) is 10.8. The summed E-state index contributed by atoms with van der Waals surface area (Å²) in [5.41, 5.74) is 3.75. The van der Waals surface area contributed by atoms with Gasteiger partial charge in [-0.15, -0.1) is 0 Å². The van der Waals surface area contributed by atoms with Gasteiger partial charge in [0.2, 0.25) is 0 Å². The van der Waals surface area contributed by atoms with Gasteiger partial charge < -0.3 is 10.1 Å². The fraction of sp³-hybridized carbons (Fsp3) is 0.240. The largest absolute Gasteiger partial charge is 0.369 e. The molecule has 6 nitrogen and oxygen atoms in total. The van der Waals surface area contributed by atoms with E-state index in [1.807, 2.05) is 12.1 Å². The van der Waals surface area contributed by atoms with E-state index in [-0.39, 0.29) is 11.9 Å². The number of nitrogens with one attached hydrogen (secondary N) is 1. The topological polar surface area (TPSA) is 64.9 Å². The van der Waals surface area contributed by atoms with Gasteiger partial charge in [0.05, 0.1) is 18.0 Å². The van der Waals surface area contributed by atoms with Crippen molar-refractivity contribution < 1.29 is 9.13 Å². The molecule has 7 heteroatoms. The Kier molecular flexibility index (Phi) is 6.00. The predicted octanol–water partition coefficient (Wildman–Crippen LogP) is 4.13. The van der Waals surface area contributed by atoms with Gasteiger partial charge in [-0.1, -0.05) is 30.3 Å². The van der Waals surface area contributed by atoms with E-state index in [1.165, 1.54) is 17.7 Å². The zero-order valence-corrected chi connectivity index (χ0v) is 17.6. The molecule has 1 saturated heterocycles. The third-order valence-electron chi connectivity index (χ3n) is 5.66. The van der Waals surface area contributed by atoms with Crippen LogP contribution in [0.3, 0.4) is 0 Å². The highest BCUT2D eigenvalue weighted by molar-refractivity contribution is 5.60. The molecule has 2 aromatic carbocycles. The highest BCUT2D eigenvalue weighted by Crippen LogP contribution is 2.28. The molecule has 162 valence electrons. The summed E-state index contributed by atoms with van der Waals surface area (Å²) < 4.78 is 21.4. The Labute approximate surface area is 186 Å². The summed E-state index contributed by atoms with van der Waals surface area (Å²) in [6.45, 7) is 1.28. The van der Waals surface area contributed by atoms with Crippen molar-refractivity contribution in [3.8, 4) is 17.2 Å². The quantitative estimate of drug-likeness (QED) is 0.499. The zero-order valence-electron chi connectivity index (χ0n) is 17.6. The lowest BCUT2D eigenvalue weighted by Crippen LogP contribution is -2.43. The Hall–Kier alpha value is -3.42. The Morgan fingerprint density at radius 3 is 2.50 bits per heavy atom. The number of aryl methyl sites for hydroxylation is 1. The predicted molar refractivity (Wildman–Crippen MR) is 120 cm³/mol. The van der Waals surface area contributed by atoms with Crippen molar-refractivity contribution in [1.29, 1.82) is 0 Å². The second-order valence-electron chi connectivity index (χ2n) is 7.87. The maximum Gasteiger partial charge on any atom is 0.250 e. The van der Waals surface area contributed by atoms with Gasteiger partial charge >= 0.3 is 0 Å². The first-order chi connectivity index (χ1) is 15.8. The molecular weight excluding hydrogens is 405 g/mol. The second kappa shape index (κ2) is 9.38. The van der Waals surface area contributed by atoms with Crippen LogP contribution in [0.2, 0.25) is 0 Å². The van der Waals surface area contributed by atoms with E-state index < -0.39 is 0 Å². The summed E-state index contributed by atoms with van der Waals surface area (Å²) in [5.74, 6) is 0.201. The molecule has 0 bridgehead atoms. The van der Waals surface area contributed by atoms with Crippen molar-refractivity contribution >= 4 is 0 Å². The van der Waals surface area contributed by atoms with E-state index in [0.29, 0.717) is 25.1 Å². The molecule has 0 aliphatic carbocycles. The van der Waals surface area contributed by atoms with E-state index in [9.17, 15) is 4.39 Å². The number of hydrogen-bond acceptors (Lipinski definition) is 5. The standard InChI is InChI=1S/C25H24FN5O/c26-20-10-8-19(9-11-20)22-15-23(31(30-22)25-27-13-4-14-28-25)24-16-29-21(17-32-24)12-7-18-5-2-1-3-6-18/h1-6,8-11,13-15,21,24,29H,7,12,16-17H2/t21-,24-/m0/s1. The summed E-state index contributed by atoms with van der Waals surface area (Å²) in [7, 11) is 0. The van der Waals surface area contributed by atoms with Crippen molar-refractivity contribution in [2.75, 3.05) is 13.2 Å². The second-order valence-corrected chi connectivity index (χ2v) is 7.87. The van der Waals surface area contributed by atoms with Crippen LogP contribution in [0.5, 0.6) is 0 Å². The molecule has 1 aliphatic rings. The maximum atomic E-state index is 13.4. The number of morpholine rings is 1. The molecule has 1 aliphatic heterocycles. The van der Waals surface area contributed by atoms with Crippen LogP contribution in [0.15, 0.2) is 79.1 Å². The van der Waals surface area contributed by atoms with Crippen molar-refractivity contribution in [2.24, 2.45) is 0 Å². The molecule has 32 heavy (non-hydrogen) atoms. The lowest BCUT2D eigenvalue weighted by Gasteiger charge is -2.30. The van der Waals surface area contributed by atoms with Crippen LogP contribution in [0.4, 0.5) is 4.39 Å². The summed E-state index contributed by atoms with van der Waals surface area (Å²) in [5, 5.41) is 8.33. The molecule has 4 aromatic rings. The molecule has 0 amide bonds. The first-order valence-electron chi connectivity index (χ1n) is 10.8. The minimum Gasteiger partial charge on any atom is -0.369 e. The van der Waals surface area contributed by atoms with Gasteiger partial charge in [-0.05, 0) is 54.8 Å². The fourth-order valence-corrected chi connectivity index (χ4v) is 3.93. The number of benzene rings is 2. The fourth-order valence-electron chi connectivity index (χ4n) is 3.93. The zero-order chi connectivity index (χ0) is 21.8. The maximum absolute atomic E-state index is 13.4. The minimum absolute atomic E-state index is 0.187. The van der Waals surface area contributed by atoms with Crippen LogP contribution in [-0.2, 0) is 11.2 Å². The van der Waals surface area contributed by atoms with Crippen molar-refractivity contribution in [3.05, 3.63) is 96.2 Å². The Balaban J connectivity index is 1.34. The molecule has 0 spiro atoms. The number of rotatable bonds is 6. The molecule has 0 unspecified atom stereocenters. The Morgan fingerprint density at radius 2 is 1.78 bits per heavy atom. The van der Waals surface area contributed by atoms with Gasteiger partial charge in [-0.2, -0.15) is 9.78 Å². The summed E-state index contributed by atoms with van der Waals surface area (Å²) in [4.78, 5) is 8.71. The monoisotopic (exact) mass is 429 g/mol. The van der Waals surface area contributed by atoms with Gasteiger partial charge in [-0.3, -0.25) is 0 Å². The van der Waals surface area contributed by atoms with Crippen molar-refractivity contribution in [1.82, 2.24) is 25.1 Å². The molecular formula is C25H24FN5O. The highest BCUT2D eigenvalue weighted by atomic mass is 19.1. The van der Waals surface area contributed by atoms with Crippen LogP contribution in [0.25, 0.3) is 17.2 Å². The smallest absolute Gasteiger partial charge is 0.250 e. The lowest BCUT2D eigenvalue weighted by molar-refractivity contribution is -0.00243. The van der Waals surface area contributed by atoms with Crippen LogP contribution in [-0.4, -0.2) is 38.9 Å². The van der Waals surface area contributed by atoms with Crippen LogP contribution < -0.4 is 5.32 Å². The normalized spacial score (nSPS) is 18.5. The molecule has 5 rings (SSSR count). The average Bonchev–Trinajstić information content (AvgIpc) is 3.30. The van der Waals surface area contributed by atoms with Gasteiger partial charge in [0.15, 0.2) is 0 Å². The van der Waals surface area contributed by atoms with Crippen LogP contribution in [0.1, 0.15) is 23.8 Å². The first kappa shape index (κ1) is 20.5. The van der Waals surface area contributed by atoms with E-state index >= 15 is 0 Å². The molecule has 1 fully saturated rings. The van der Waals surface area contributed by atoms with Gasteiger partial charge in [0, 0.05) is 30.5 Å². The number of nitrogens with zero attached hydrogens (tertiary/aromatic N) is 4. The Bertz CT molecular complexity index is 1140. The summed E-state index contributed by atoms with van der Waals surface area (Å²) in [6, 6.07) is 20.8. The van der Waals surface area contributed by atoms with E-state index in [2.05, 4.69) is 39.6 Å². The van der Waals surface area contributed by atoms with Crippen LogP contribution >= 0.6 is 0 Å². The molecule has 2 atom stereocenters. The number of halogens is 1. The van der Waals surface area contributed by atoms with E-state index in [0.717, 1.165) is 29.8 Å². The number of ether oxygens (including phenoxy) is 1. The van der Waals surface area contributed by atoms with Gasteiger partial charge in [0.25, 0.3) is 5.95 Å². The van der Waals surface area contributed by atoms with Crippen molar-refractivity contribution in [3.63, 3.8) is 0 Å². The van der Waals surface area contributed by atoms with Crippen LogP contribution in [0, 0.1) is 5.82 Å². The van der Waals surface area contributed by atoms with Gasteiger partial charge in [-0.25, -0.2) is 14.4 Å². The third kappa shape index (κ3) is 4.59. The molecule has 0 radical (unpaired) electrons. The highest BCUT2D eigenvalue weighted by Gasteiger charge is 2.27. The third-order valence-corrected chi connectivity index (χ3v) is 5.66.